The minimum Gasteiger partial charge on any atom is -0.489 e. The number of rotatable bonds is 6. The Labute approximate surface area is 142 Å². The number of amides is 1. The predicted octanol–water partition coefficient (Wildman–Crippen LogP) is 2.42. The Bertz CT molecular complexity index is 643. The Morgan fingerprint density at radius 2 is 2.04 bits per heavy atom. The van der Waals surface area contributed by atoms with Gasteiger partial charge in [0.25, 0.3) is 0 Å². The number of ether oxygens (including phenoxy) is 1. The molecule has 0 spiro atoms. The smallest absolute Gasteiger partial charge is 0.237 e. The first kappa shape index (κ1) is 16.5. The van der Waals surface area contributed by atoms with Gasteiger partial charge in [-0.2, -0.15) is 0 Å². The predicted molar refractivity (Wildman–Crippen MR) is 92.5 cm³/mol. The van der Waals surface area contributed by atoms with Crippen molar-refractivity contribution < 1.29 is 9.53 Å². The van der Waals surface area contributed by atoms with E-state index in [-0.39, 0.29) is 11.9 Å². The molecule has 2 aromatic rings. The number of carbonyl (C=O) groups is 1. The van der Waals surface area contributed by atoms with Gasteiger partial charge in [-0.05, 0) is 43.0 Å². The second-order valence-corrected chi connectivity index (χ2v) is 6.01. The van der Waals surface area contributed by atoms with Crippen molar-refractivity contribution in [3.05, 3.63) is 59.9 Å². The zero-order valence-corrected chi connectivity index (χ0v) is 13.7. The van der Waals surface area contributed by atoms with Crippen molar-refractivity contribution in [2.45, 2.75) is 38.5 Å². The van der Waals surface area contributed by atoms with Crippen LogP contribution in [-0.2, 0) is 17.9 Å². The summed E-state index contributed by atoms with van der Waals surface area (Å²) in [4.78, 5) is 16.0. The van der Waals surface area contributed by atoms with E-state index in [0.717, 1.165) is 42.7 Å². The summed E-state index contributed by atoms with van der Waals surface area (Å²) in [6, 6.07) is 11.8. The number of carbonyl (C=O) groups excluding carboxylic acids is 1. The van der Waals surface area contributed by atoms with E-state index in [1.54, 1.807) is 12.4 Å². The van der Waals surface area contributed by atoms with E-state index in [9.17, 15) is 4.79 Å². The fraction of sp³-hybridized carbons (Fsp3) is 0.368. The molecule has 1 amide bonds. The number of hydrogen-bond acceptors (Lipinski definition) is 4. The van der Waals surface area contributed by atoms with Crippen LogP contribution in [0.5, 0.6) is 5.75 Å². The molecule has 1 aliphatic rings. The van der Waals surface area contributed by atoms with Gasteiger partial charge >= 0.3 is 0 Å². The lowest BCUT2D eigenvalue weighted by atomic mass is 10.1. The van der Waals surface area contributed by atoms with Crippen LogP contribution in [0.1, 0.15) is 30.4 Å². The number of aromatic nitrogens is 1. The van der Waals surface area contributed by atoms with Crippen LogP contribution in [0.15, 0.2) is 48.8 Å². The lowest BCUT2D eigenvalue weighted by Crippen LogP contribution is -2.42. The van der Waals surface area contributed by atoms with Crippen LogP contribution in [0.4, 0.5) is 0 Å². The van der Waals surface area contributed by atoms with E-state index in [1.165, 1.54) is 0 Å². The van der Waals surface area contributed by atoms with Gasteiger partial charge < -0.3 is 15.4 Å². The first-order valence-electron chi connectivity index (χ1n) is 8.43. The maximum Gasteiger partial charge on any atom is 0.237 e. The van der Waals surface area contributed by atoms with Gasteiger partial charge in [0, 0.05) is 31.0 Å². The molecular weight excluding hydrogens is 302 g/mol. The van der Waals surface area contributed by atoms with Crippen LogP contribution < -0.4 is 15.4 Å². The molecule has 5 heteroatoms. The molecule has 3 rings (SSSR count). The second-order valence-electron chi connectivity index (χ2n) is 6.01. The first-order chi connectivity index (χ1) is 11.8. The normalized spacial score (nSPS) is 17.8. The zero-order valence-electron chi connectivity index (χ0n) is 13.7. The van der Waals surface area contributed by atoms with E-state index in [4.69, 9.17) is 4.74 Å². The van der Waals surface area contributed by atoms with Crippen LogP contribution in [0, 0.1) is 0 Å². The summed E-state index contributed by atoms with van der Waals surface area (Å²) >= 11 is 0. The molecule has 1 aromatic heterocycles. The van der Waals surface area contributed by atoms with Crippen LogP contribution >= 0.6 is 0 Å². The molecule has 0 saturated carbocycles. The molecule has 0 unspecified atom stereocenters. The van der Waals surface area contributed by atoms with E-state index in [2.05, 4.69) is 15.6 Å². The maximum absolute atomic E-state index is 11.9. The molecule has 2 N–H and O–H groups in total. The van der Waals surface area contributed by atoms with Crippen molar-refractivity contribution in [2.24, 2.45) is 0 Å². The van der Waals surface area contributed by atoms with E-state index < -0.39 is 0 Å². The maximum atomic E-state index is 11.9. The minimum atomic E-state index is -0.0889. The summed E-state index contributed by atoms with van der Waals surface area (Å²) in [6.07, 6.45) is 6.60. The minimum absolute atomic E-state index is 0.0889. The van der Waals surface area contributed by atoms with Crippen LogP contribution in [0.2, 0.25) is 0 Å². The average molecular weight is 325 g/mol. The summed E-state index contributed by atoms with van der Waals surface area (Å²) in [6.45, 7) is 1.98. The van der Waals surface area contributed by atoms with Gasteiger partial charge in [-0.15, -0.1) is 0 Å². The Morgan fingerprint density at radius 3 is 2.83 bits per heavy atom. The lowest BCUT2D eigenvalue weighted by Gasteiger charge is -2.15. The number of nitrogens with one attached hydrogen (secondary N) is 2. The quantitative estimate of drug-likeness (QED) is 0.856. The zero-order chi connectivity index (χ0) is 16.6. The van der Waals surface area contributed by atoms with Crippen molar-refractivity contribution in [1.82, 2.24) is 15.6 Å². The fourth-order valence-corrected chi connectivity index (χ4v) is 2.73. The van der Waals surface area contributed by atoms with Gasteiger partial charge in [-0.25, -0.2) is 0 Å². The van der Waals surface area contributed by atoms with Gasteiger partial charge in [0.1, 0.15) is 12.4 Å². The second kappa shape index (κ2) is 8.45. The third kappa shape index (κ3) is 4.80. The summed E-state index contributed by atoms with van der Waals surface area (Å²) in [5.74, 6) is 0.943. The fourth-order valence-electron chi connectivity index (χ4n) is 2.73. The van der Waals surface area contributed by atoms with Gasteiger partial charge in [-0.1, -0.05) is 18.2 Å². The lowest BCUT2D eigenvalue weighted by molar-refractivity contribution is -0.122. The van der Waals surface area contributed by atoms with Gasteiger partial charge in [-0.3, -0.25) is 9.78 Å². The Balaban J connectivity index is 1.48. The molecule has 5 nitrogen and oxygen atoms in total. The van der Waals surface area contributed by atoms with Crippen molar-refractivity contribution in [1.29, 1.82) is 0 Å². The standard InChI is InChI=1S/C19H23N3O2/c23-19-18(5-1-2-11-21-19)22-13-15-6-8-17(9-7-15)24-14-16-4-3-10-20-12-16/h3-4,6-10,12,18,22H,1-2,5,11,13-14H2,(H,21,23)/t18-/m0/s1. The van der Waals surface area contributed by atoms with Gasteiger partial charge in [0.05, 0.1) is 6.04 Å². The molecule has 1 atom stereocenters. The van der Waals surface area contributed by atoms with Crippen LogP contribution in [0.3, 0.4) is 0 Å². The number of pyridine rings is 1. The molecule has 24 heavy (non-hydrogen) atoms. The molecule has 0 bridgehead atoms. The summed E-state index contributed by atoms with van der Waals surface area (Å²) in [5, 5.41) is 6.29. The average Bonchev–Trinajstić information content (AvgIpc) is 2.84. The Morgan fingerprint density at radius 1 is 1.17 bits per heavy atom. The molecule has 126 valence electrons. The molecular formula is C19H23N3O2. The van der Waals surface area contributed by atoms with E-state index in [1.807, 2.05) is 36.4 Å². The number of benzene rings is 1. The molecule has 1 aliphatic heterocycles. The highest BCUT2D eigenvalue weighted by molar-refractivity contribution is 5.81. The van der Waals surface area contributed by atoms with Crippen molar-refractivity contribution in [2.75, 3.05) is 6.54 Å². The summed E-state index contributed by atoms with van der Waals surface area (Å²) in [5.41, 5.74) is 2.18. The monoisotopic (exact) mass is 325 g/mol. The number of hydrogen-bond donors (Lipinski definition) is 2. The molecule has 2 heterocycles. The summed E-state index contributed by atoms with van der Waals surface area (Å²) < 4.78 is 5.75. The van der Waals surface area contributed by atoms with Crippen molar-refractivity contribution in [3.63, 3.8) is 0 Å². The topological polar surface area (TPSA) is 63.2 Å². The van der Waals surface area contributed by atoms with Crippen molar-refractivity contribution >= 4 is 5.91 Å². The van der Waals surface area contributed by atoms with E-state index >= 15 is 0 Å². The van der Waals surface area contributed by atoms with Gasteiger partial charge in [0.15, 0.2) is 0 Å². The SMILES string of the molecule is O=C1NCCCC[C@@H]1NCc1ccc(OCc2cccnc2)cc1. The van der Waals surface area contributed by atoms with Gasteiger partial charge in [0.2, 0.25) is 5.91 Å². The first-order valence-corrected chi connectivity index (χ1v) is 8.43. The van der Waals surface area contributed by atoms with Crippen LogP contribution in [-0.4, -0.2) is 23.5 Å². The third-order valence-electron chi connectivity index (χ3n) is 4.14. The third-order valence-corrected chi connectivity index (χ3v) is 4.14. The highest BCUT2D eigenvalue weighted by Crippen LogP contribution is 2.14. The molecule has 0 radical (unpaired) electrons. The number of nitrogens with zero attached hydrogens (tertiary/aromatic N) is 1. The summed E-state index contributed by atoms with van der Waals surface area (Å²) in [7, 11) is 0. The Kier molecular flexibility index (Phi) is 5.80. The molecule has 0 aliphatic carbocycles. The molecule has 1 fully saturated rings. The van der Waals surface area contributed by atoms with Crippen molar-refractivity contribution in [3.8, 4) is 5.75 Å². The van der Waals surface area contributed by atoms with Crippen LogP contribution in [0.25, 0.3) is 0 Å². The molecule has 1 saturated heterocycles. The van der Waals surface area contributed by atoms with E-state index in [0.29, 0.717) is 13.2 Å². The molecule has 1 aromatic carbocycles. The highest BCUT2D eigenvalue weighted by Gasteiger charge is 2.19. The highest BCUT2D eigenvalue weighted by atomic mass is 16.5. The largest absolute Gasteiger partial charge is 0.489 e. The Hall–Kier alpha value is -2.40.